The van der Waals surface area contributed by atoms with Crippen LogP contribution in [0.4, 0.5) is 22.0 Å². The molecule has 0 spiro atoms. The van der Waals surface area contributed by atoms with Crippen LogP contribution in [0, 0.1) is 0 Å². The normalized spacial score (nSPS) is 19.7. The van der Waals surface area contributed by atoms with Crippen LogP contribution in [0.1, 0.15) is 64.3 Å². The Morgan fingerprint density at radius 1 is 0.895 bits per heavy atom. The molecule has 1 aromatic carbocycles. The SMILES string of the molecule is C[C@@H]1CNC(=O)c2cc3ccc(C(=O)Nc4cnn(Cc5ccc(N6CCC(N7CCN(Cc8ccnc(N9CCC(=O)NC9=O)c8)CC7)CC6)cc5)c4)nc3n21. The number of nitrogens with zero attached hydrogens (tertiary/aromatic N) is 9. The molecule has 0 unspecified atom stereocenters. The lowest BCUT2D eigenvalue weighted by Crippen LogP contribution is -2.53. The van der Waals surface area contributed by atoms with E-state index in [1.807, 2.05) is 46.6 Å². The lowest BCUT2D eigenvalue weighted by Gasteiger charge is -2.43. The molecule has 5 amide bonds. The highest BCUT2D eigenvalue weighted by atomic mass is 16.2. The molecule has 4 aromatic heterocycles. The van der Waals surface area contributed by atoms with Crippen molar-refractivity contribution < 1.29 is 19.2 Å². The summed E-state index contributed by atoms with van der Waals surface area (Å²) in [6.07, 6.45) is 7.74. The van der Waals surface area contributed by atoms with Crippen molar-refractivity contribution in [1.29, 1.82) is 0 Å². The van der Waals surface area contributed by atoms with Crippen molar-refractivity contribution in [3.63, 3.8) is 0 Å². The lowest BCUT2D eigenvalue weighted by atomic mass is 10.0. The summed E-state index contributed by atoms with van der Waals surface area (Å²) in [7, 11) is 0. The monoisotopic (exact) mass is 770 g/mol. The van der Waals surface area contributed by atoms with E-state index in [0.717, 1.165) is 75.2 Å². The number of urea groups is 1. The zero-order chi connectivity index (χ0) is 39.0. The van der Waals surface area contributed by atoms with Crippen LogP contribution in [0.15, 0.2) is 73.2 Å². The Balaban J connectivity index is 0.730. The fraction of sp³-hybridized carbons (Fsp3) is 0.390. The Morgan fingerprint density at radius 3 is 2.49 bits per heavy atom. The minimum absolute atomic E-state index is 0.0378. The first-order valence-electron chi connectivity index (χ1n) is 19.7. The average molecular weight is 771 g/mol. The van der Waals surface area contributed by atoms with E-state index < -0.39 is 6.03 Å². The molecule has 0 saturated carbocycles. The van der Waals surface area contributed by atoms with Gasteiger partial charge in [0.2, 0.25) is 5.91 Å². The van der Waals surface area contributed by atoms with Gasteiger partial charge in [-0.2, -0.15) is 5.10 Å². The molecule has 0 aliphatic carbocycles. The second-order valence-electron chi connectivity index (χ2n) is 15.4. The molecule has 5 aromatic rings. The van der Waals surface area contributed by atoms with Crippen molar-refractivity contribution in [3.8, 4) is 0 Å². The third-order valence-electron chi connectivity index (χ3n) is 11.6. The number of pyridine rings is 2. The molecule has 3 N–H and O–H groups in total. The van der Waals surface area contributed by atoms with Gasteiger partial charge in [0, 0.05) is 94.8 Å². The van der Waals surface area contributed by atoms with Gasteiger partial charge in [-0.05, 0) is 73.4 Å². The van der Waals surface area contributed by atoms with Crippen LogP contribution in [0.5, 0.6) is 0 Å². The van der Waals surface area contributed by atoms with E-state index in [1.54, 1.807) is 18.5 Å². The average Bonchev–Trinajstić information content (AvgIpc) is 3.84. The molecule has 4 aliphatic heterocycles. The smallest absolute Gasteiger partial charge is 0.329 e. The van der Waals surface area contributed by atoms with Crippen molar-refractivity contribution in [3.05, 3.63) is 95.7 Å². The number of piperidine rings is 1. The molecule has 8 heterocycles. The Hall–Kier alpha value is -6.13. The summed E-state index contributed by atoms with van der Waals surface area (Å²) >= 11 is 0. The maximum Gasteiger partial charge on any atom is 0.329 e. The summed E-state index contributed by atoms with van der Waals surface area (Å²) in [6, 6.07) is 18.2. The van der Waals surface area contributed by atoms with Crippen molar-refractivity contribution in [1.82, 2.24) is 44.7 Å². The predicted octanol–water partition coefficient (Wildman–Crippen LogP) is 3.47. The quantitative estimate of drug-likeness (QED) is 0.202. The molecule has 4 aliphatic rings. The number of imide groups is 1. The Bertz CT molecular complexity index is 2320. The summed E-state index contributed by atoms with van der Waals surface area (Å²) in [5.41, 5.74) is 5.50. The molecule has 3 fully saturated rings. The lowest BCUT2D eigenvalue weighted by molar-refractivity contribution is -0.120. The number of nitrogens with one attached hydrogen (secondary N) is 3. The van der Waals surface area contributed by atoms with E-state index in [0.29, 0.717) is 48.5 Å². The van der Waals surface area contributed by atoms with Crippen LogP contribution in [0.3, 0.4) is 0 Å². The van der Waals surface area contributed by atoms with Crippen molar-refractivity contribution in [2.24, 2.45) is 0 Å². The second-order valence-corrected chi connectivity index (χ2v) is 15.4. The van der Waals surface area contributed by atoms with E-state index in [-0.39, 0.29) is 35.9 Å². The van der Waals surface area contributed by atoms with Crippen LogP contribution in [-0.2, 0) is 17.9 Å². The van der Waals surface area contributed by atoms with Gasteiger partial charge >= 0.3 is 6.03 Å². The number of hydrogen-bond acceptors (Lipinski definition) is 10. The zero-order valence-corrected chi connectivity index (χ0v) is 31.9. The van der Waals surface area contributed by atoms with Gasteiger partial charge in [0.05, 0.1) is 24.5 Å². The van der Waals surface area contributed by atoms with Gasteiger partial charge < -0.3 is 20.1 Å². The molecule has 294 valence electrons. The summed E-state index contributed by atoms with van der Waals surface area (Å²) in [5.74, 6) is -0.130. The number of anilines is 3. The third kappa shape index (κ3) is 7.69. The summed E-state index contributed by atoms with van der Waals surface area (Å²) < 4.78 is 3.71. The Morgan fingerprint density at radius 2 is 1.70 bits per heavy atom. The molecule has 9 rings (SSSR count). The topological polar surface area (TPSA) is 166 Å². The summed E-state index contributed by atoms with van der Waals surface area (Å²) in [6.45, 7) is 10.4. The minimum atomic E-state index is -0.410. The van der Waals surface area contributed by atoms with Gasteiger partial charge in [-0.15, -0.1) is 0 Å². The molecule has 16 nitrogen and oxygen atoms in total. The van der Waals surface area contributed by atoms with E-state index in [2.05, 4.69) is 70.0 Å². The van der Waals surface area contributed by atoms with E-state index >= 15 is 0 Å². The van der Waals surface area contributed by atoms with Crippen molar-refractivity contribution >= 4 is 52.0 Å². The predicted molar refractivity (Wildman–Crippen MR) is 214 cm³/mol. The van der Waals surface area contributed by atoms with E-state index in [4.69, 9.17) is 0 Å². The summed E-state index contributed by atoms with van der Waals surface area (Å²) in [4.78, 5) is 67.5. The second kappa shape index (κ2) is 15.4. The molecular formula is C41H46N12O4. The fourth-order valence-corrected chi connectivity index (χ4v) is 8.50. The largest absolute Gasteiger partial charge is 0.371 e. The van der Waals surface area contributed by atoms with Crippen LogP contribution in [0.2, 0.25) is 0 Å². The van der Waals surface area contributed by atoms with Gasteiger partial charge in [0.25, 0.3) is 11.8 Å². The standard InChI is InChI=1S/C41H46N12O4/c1-27-22-43-40(56)35-21-30-4-7-34(46-38(30)53(27)35)39(55)45-31-23-44-51(26-31)25-28-2-5-32(6-3-28)49-13-9-33(10-14-49)50-18-16-48(17-19-50)24-29-8-12-42-36(20-29)52-15-11-37(54)47-41(52)57/h2-8,12,20-21,23,26-27,33H,9-11,13-19,22,24-25H2,1H3,(H,43,56)(H,45,55)(H,47,54,57)/t27-/m1/s1. The number of rotatable bonds is 9. The maximum absolute atomic E-state index is 13.2. The number of carbonyl (C=O) groups excluding carboxylic acids is 4. The first-order chi connectivity index (χ1) is 27.7. The fourth-order valence-electron chi connectivity index (χ4n) is 8.50. The third-order valence-corrected chi connectivity index (χ3v) is 11.6. The highest BCUT2D eigenvalue weighted by Crippen LogP contribution is 2.27. The molecule has 0 bridgehead atoms. The maximum atomic E-state index is 13.2. The van der Waals surface area contributed by atoms with Gasteiger partial charge in [0.1, 0.15) is 22.9 Å². The number of carbonyl (C=O) groups is 4. The minimum Gasteiger partial charge on any atom is -0.371 e. The molecule has 3 saturated heterocycles. The van der Waals surface area contributed by atoms with Crippen LogP contribution in [0.25, 0.3) is 11.0 Å². The number of aromatic nitrogens is 5. The van der Waals surface area contributed by atoms with Gasteiger partial charge in [-0.3, -0.25) is 39.1 Å². The molecule has 1 atom stereocenters. The van der Waals surface area contributed by atoms with Crippen LogP contribution in [-0.4, -0.2) is 116 Å². The van der Waals surface area contributed by atoms with E-state index in [1.165, 1.54) is 10.6 Å². The van der Waals surface area contributed by atoms with E-state index in [9.17, 15) is 19.2 Å². The number of amides is 5. The van der Waals surface area contributed by atoms with Gasteiger partial charge in [-0.1, -0.05) is 12.1 Å². The number of fused-ring (bicyclic) bond motifs is 3. The summed E-state index contributed by atoms with van der Waals surface area (Å²) in [5, 5.41) is 13.5. The Labute approximate surface area is 329 Å². The molecule has 57 heavy (non-hydrogen) atoms. The van der Waals surface area contributed by atoms with Crippen LogP contribution < -0.4 is 25.8 Å². The number of piperazine rings is 1. The zero-order valence-electron chi connectivity index (χ0n) is 31.9. The molecule has 16 heteroatoms. The number of hydrogen-bond donors (Lipinski definition) is 3. The van der Waals surface area contributed by atoms with Gasteiger partial charge in [0.15, 0.2) is 0 Å². The van der Waals surface area contributed by atoms with Gasteiger partial charge in [-0.25, -0.2) is 14.8 Å². The first kappa shape index (κ1) is 36.5. The van der Waals surface area contributed by atoms with Crippen molar-refractivity contribution in [2.75, 3.05) is 67.5 Å². The molecule has 0 radical (unpaired) electrons. The van der Waals surface area contributed by atoms with Crippen molar-refractivity contribution in [2.45, 2.75) is 51.4 Å². The number of benzene rings is 1. The Kier molecular flexibility index (Phi) is 9.88. The van der Waals surface area contributed by atoms with Crippen LogP contribution >= 0.6 is 0 Å². The first-order valence-corrected chi connectivity index (χ1v) is 19.7. The molecular weight excluding hydrogens is 725 g/mol. The highest BCUT2D eigenvalue weighted by molar-refractivity contribution is 6.06. The highest BCUT2D eigenvalue weighted by Gasteiger charge is 2.29.